The van der Waals surface area contributed by atoms with E-state index in [0.717, 1.165) is 24.1 Å². The van der Waals surface area contributed by atoms with E-state index in [0.29, 0.717) is 6.04 Å². The Morgan fingerprint density at radius 3 is 2.80 bits per heavy atom. The molecule has 20 heavy (non-hydrogen) atoms. The van der Waals surface area contributed by atoms with E-state index in [-0.39, 0.29) is 0 Å². The molecule has 1 fully saturated rings. The Morgan fingerprint density at radius 1 is 1.35 bits per heavy atom. The van der Waals surface area contributed by atoms with E-state index in [4.69, 9.17) is 0 Å². The highest BCUT2D eigenvalue weighted by Gasteiger charge is 2.20. The Kier molecular flexibility index (Phi) is 6.37. The summed E-state index contributed by atoms with van der Waals surface area (Å²) in [5.41, 5.74) is 1.18. The molecule has 3 atom stereocenters. The predicted octanol–water partition coefficient (Wildman–Crippen LogP) is 4.81. The number of hydrogen-bond acceptors (Lipinski definition) is 3. The van der Waals surface area contributed by atoms with Crippen LogP contribution in [0.2, 0.25) is 0 Å². The number of nitrogens with one attached hydrogen (secondary N) is 1. The van der Waals surface area contributed by atoms with Crippen LogP contribution in [0.3, 0.4) is 0 Å². The largest absolute Gasteiger partial charge is 0.309 e. The Balaban J connectivity index is 1.93. The molecule has 1 saturated carbocycles. The molecule has 3 unspecified atom stereocenters. The van der Waals surface area contributed by atoms with Crippen LogP contribution in [0.4, 0.5) is 0 Å². The number of pyridine rings is 1. The van der Waals surface area contributed by atoms with Gasteiger partial charge < -0.3 is 5.32 Å². The van der Waals surface area contributed by atoms with Crippen LogP contribution < -0.4 is 5.32 Å². The first-order valence-corrected chi connectivity index (χ1v) is 8.96. The summed E-state index contributed by atoms with van der Waals surface area (Å²) in [6.07, 6.45) is 8.69. The Morgan fingerprint density at radius 2 is 2.20 bits per heavy atom. The van der Waals surface area contributed by atoms with Crippen LogP contribution in [0.25, 0.3) is 0 Å². The van der Waals surface area contributed by atoms with Crippen LogP contribution in [0.1, 0.15) is 64.6 Å². The fraction of sp³-hybridized carbons (Fsp3) is 0.706. The summed E-state index contributed by atoms with van der Waals surface area (Å²) in [4.78, 5) is 6.00. The lowest BCUT2D eigenvalue weighted by Gasteiger charge is -2.26. The first-order valence-electron chi connectivity index (χ1n) is 8.08. The SMILES string of the molecule is CCNC(CC)c1ccc(SC2CCCC(C)C2)cn1. The number of rotatable bonds is 6. The molecule has 112 valence electrons. The number of nitrogens with zero attached hydrogens (tertiary/aromatic N) is 1. The zero-order valence-electron chi connectivity index (χ0n) is 13.1. The predicted molar refractivity (Wildman–Crippen MR) is 88.2 cm³/mol. The zero-order valence-corrected chi connectivity index (χ0v) is 13.9. The lowest BCUT2D eigenvalue weighted by atomic mass is 9.91. The summed E-state index contributed by atoms with van der Waals surface area (Å²) >= 11 is 2.03. The van der Waals surface area contributed by atoms with Crippen molar-refractivity contribution in [1.82, 2.24) is 10.3 Å². The van der Waals surface area contributed by atoms with Crippen LogP contribution >= 0.6 is 11.8 Å². The molecule has 0 saturated heterocycles. The smallest absolute Gasteiger partial charge is 0.0573 e. The summed E-state index contributed by atoms with van der Waals surface area (Å²) in [5.74, 6) is 0.895. The zero-order chi connectivity index (χ0) is 14.4. The first-order chi connectivity index (χ1) is 9.72. The second kappa shape index (κ2) is 8.04. The fourth-order valence-electron chi connectivity index (χ4n) is 3.05. The van der Waals surface area contributed by atoms with Gasteiger partial charge in [0.2, 0.25) is 0 Å². The highest BCUT2D eigenvalue weighted by Crippen LogP contribution is 2.35. The number of thioether (sulfide) groups is 1. The molecule has 0 amide bonds. The van der Waals surface area contributed by atoms with Crippen molar-refractivity contribution in [3.05, 3.63) is 24.0 Å². The highest BCUT2D eigenvalue weighted by molar-refractivity contribution is 8.00. The second-order valence-electron chi connectivity index (χ2n) is 5.95. The lowest BCUT2D eigenvalue weighted by Crippen LogP contribution is -2.21. The van der Waals surface area contributed by atoms with Crippen molar-refractivity contribution in [2.75, 3.05) is 6.54 Å². The molecule has 1 aromatic heterocycles. The van der Waals surface area contributed by atoms with E-state index in [9.17, 15) is 0 Å². The van der Waals surface area contributed by atoms with Gasteiger partial charge in [0.15, 0.2) is 0 Å². The molecule has 2 nitrogen and oxygen atoms in total. The molecule has 0 bridgehead atoms. The van der Waals surface area contributed by atoms with E-state index in [1.165, 1.54) is 36.3 Å². The van der Waals surface area contributed by atoms with Gasteiger partial charge in [-0.2, -0.15) is 0 Å². The van der Waals surface area contributed by atoms with E-state index < -0.39 is 0 Å². The number of aromatic nitrogens is 1. The van der Waals surface area contributed by atoms with Crippen LogP contribution in [-0.4, -0.2) is 16.8 Å². The van der Waals surface area contributed by atoms with Gasteiger partial charge in [0, 0.05) is 22.4 Å². The average Bonchev–Trinajstić information content (AvgIpc) is 2.46. The van der Waals surface area contributed by atoms with Crippen molar-refractivity contribution in [1.29, 1.82) is 0 Å². The van der Waals surface area contributed by atoms with Gasteiger partial charge in [0.05, 0.1) is 5.69 Å². The van der Waals surface area contributed by atoms with Crippen LogP contribution in [0.15, 0.2) is 23.2 Å². The van der Waals surface area contributed by atoms with E-state index in [1.54, 1.807) is 0 Å². The third kappa shape index (κ3) is 4.49. The summed E-state index contributed by atoms with van der Waals surface area (Å²) in [5, 5.41) is 4.28. The van der Waals surface area contributed by atoms with Gasteiger partial charge in [-0.1, -0.05) is 33.6 Å². The minimum absolute atomic E-state index is 0.397. The van der Waals surface area contributed by atoms with E-state index in [1.807, 2.05) is 11.8 Å². The van der Waals surface area contributed by atoms with Gasteiger partial charge >= 0.3 is 0 Å². The van der Waals surface area contributed by atoms with Gasteiger partial charge in [0.1, 0.15) is 0 Å². The van der Waals surface area contributed by atoms with Crippen molar-refractivity contribution in [3.63, 3.8) is 0 Å². The molecule has 1 aliphatic carbocycles. The third-order valence-electron chi connectivity index (χ3n) is 4.17. The second-order valence-corrected chi connectivity index (χ2v) is 7.32. The van der Waals surface area contributed by atoms with Crippen molar-refractivity contribution in [2.24, 2.45) is 5.92 Å². The maximum absolute atomic E-state index is 4.67. The van der Waals surface area contributed by atoms with Gasteiger partial charge in [-0.05, 0) is 43.9 Å². The molecular weight excluding hydrogens is 264 g/mol. The van der Waals surface area contributed by atoms with Gasteiger partial charge in [0.25, 0.3) is 0 Å². The molecule has 0 aliphatic heterocycles. The molecule has 1 aliphatic rings. The maximum Gasteiger partial charge on any atom is 0.0573 e. The van der Waals surface area contributed by atoms with Crippen LogP contribution in [0.5, 0.6) is 0 Å². The van der Waals surface area contributed by atoms with Gasteiger partial charge in [-0.15, -0.1) is 11.8 Å². The van der Waals surface area contributed by atoms with Crippen molar-refractivity contribution in [2.45, 2.75) is 69.1 Å². The molecule has 1 heterocycles. The number of hydrogen-bond donors (Lipinski definition) is 1. The normalized spacial score (nSPS) is 24.6. The molecule has 2 rings (SSSR count). The van der Waals surface area contributed by atoms with Crippen molar-refractivity contribution in [3.8, 4) is 0 Å². The van der Waals surface area contributed by atoms with Crippen LogP contribution in [0, 0.1) is 5.92 Å². The fourth-order valence-corrected chi connectivity index (χ4v) is 4.40. The molecule has 1 N–H and O–H groups in total. The molecule has 0 radical (unpaired) electrons. The minimum Gasteiger partial charge on any atom is -0.309 e. The lowest BCUT2D eigenvalue weighted by molar-refractivity contribution is 0.394. The topological polar surface area (TPSA) is 24.9 Å². The van der Waals surface area contributed by atoms with E-state index >= 15 is 0 Å². The molecule has 0 aromatic carbocycles. The highest BCUT2D eigenvalue weighted by atomic mass is 32.2. The monoisotopic (exact) mass is 292 g/mol. The van der Waals surface area contributed by atoms with Gasteiger partial charge in [-0.3, -0.25) is 4.98 Å². The maximum atomic E-state index is 4.67. The summed E-state index contributed by atoms with van der Waals surface area (Å²) in [6.45, 7) is 7.74. The summed E-state index contributed by atoms with van der Waals surface area (Å²) < 4.78 is 0. The molecule has 3 heteroatoms. The molecule has 1 aromatic rings. The molecule has 0 spiro atoms. The Bertz CT molecular complexity index is 390. The van der Waals surface area contributed by atoms with Gasteiger partial charge in [-0.25, -0.2) is 0 Å². The van der Waals surface area contributed by atoms with Crippen molar-refractivity contribution >= 4 is 11.8 Å². The minimum atomic E-state index is 0.397. The third-order valence-corrected chi connectivity index (χ3v) is 5.44. The average molecular weight is 292 g/mol. The Hall–Kier alpha value is -0.540. The standard InChI is InChI=1S/C17H28N2S/c1-4-16(18-5-2)17-10-9-15(12-19-17)20-14-8-6-7-13(3)11-14/h9-10,12-14,16,18H,4-8,11H2,1-3H3. The van der Waals surface area contributed by atoms with Crippen molar-refractivity contribution < 1.29 is 0 Å². The summed E-state index contributed by atoms with van der Waals surface area (Å²) in [7, 11) is 0. The molecular formula is C17H28N2S. The quantitative estimate of drug-likeness (QED) is 0.814. The van der Waals surface area contributed by atoms with Crippen LogP contribution in [-0.2, 0) is 0 Å². The first kappa shape index (κ1) is 15.8. The summed E-state index contributed by atoms with van der Waals surface area (Å²) in [6, 6.07) is 4.85. The van der Waals surface area contributed by atoms with E-state index in [2.05, 4.69) is 49.4 Å². The Labute approximate surface area is 128 Å².